The first kappa shape index (κ1) is 26.6. The molecular formula is C24H30N4O5S. The fourth-order valence-electron chi connectivity index (χ4n) is 2.80. The zero-order valence-electron chi connectivity index (χ0n) is 19.7. The number of aromatic nitrogens is 2. The molecule has 0 atom stereocenters. The average molecular weight is 487 g/mol. The van der Waals surface area contributed by atoms with Gasteiger partial charge in [-0.1, -0.05) is 24.3 Å². The molecule has 1 aromatic heterocycles. The van der Waals surface area contributed by atoms with Crippen molar-refractivity contribution in [1.82, 2.24) is 9.78 Å². The lowest BCUT2D eigenvalue weighted by Gasteiger charge is -2.08. The zero-order chi connectivity index (χ0) is 25.1. The minimum Gasteiger partial charge on any atom is -0.450 e. The molecule has 3 rings (SSSR count). The second-order valence-corrected chi connectivity index (χ2v) is 9.18. The van der Waals surface area contributed by atoms with Crippen LogP contribution in [-0.4, -0.2) is 36.7 Å². The second-order valence-electron chi connectivity index (χ2n) is 7.17. The quantitative estimate of drug-likeness (QED) is 0.515. The van der Waals surface area contributed by atoms with Crippen molar-refractivity contribution in [1.29, 1.82) is 0 Å². The first-order chi connectivity index (χ1) is 16.2. The normalized spacial score (nSPS) is 10.6. The molecule has 2 aromatic carbocycles. The Morgan fingerprint density at radius 2 is 1.71 bits per heavy atom. The lowest BCUT2D eigenvalue weighted by Crippen LogP contribution is -2.21. The largest absolute Gasteiger partial charge is 0.450 e. The Kier molecular flexibility index (Phi) is 9.81. The Bertz CT molecular complexity index is 1250. The summed E-state index contributed by atoms with van der Waals surface area (Å²) in [5.74, 6) is 0.0256. The van der Waals surface area contributed by atoms with Crippen LogP contribution in [0.3, 0.4) is 0 Å². The van der Waals surface area contributed by atoms with E-state index in [1.54, 1.807) is 44.2 Å². The molecule has 0 saturated heterocycles. The van der Waals surface area contributed by atoms with E-state index in [1.165, 1.54) is 10.7 Å². The molecule has 0 saturated carbocycles. The number of ether oxygens (including phenoxy) is 1. The smallest absolute Gasteiger partial charge is 0.411 e. The van der Waals surface area contributed by atoms with Crippen molar-refractivity contribution in [2.45, 2.75) is 34.2 Å². The van der Waals surface area contributed by atoms with Crippen molar-refractivity contribution in [3.8, 4) is 11.3 Å². The molecule has 2 N–H and O–H groups in total. The highest BCUT2D eigenvalue weighted by Crippen LogP contribution is 2.19. The molecule has 1 heterocycles. The number of nitrogens with zero attached hydrogens (tertiary/aromatic N) is 2. The number of sulfonamides is 1. The molecule has 0 fully saturated rings. The van der Waals surface area contributed by atoms with E-state index in [0.717, 1.165) is 16.8 Å². The summed E-state index contributed by atoms with van der Waals surface area (Å²) in [6, 6.07) is 17.6. The van der Waals surface area contributed by atoms with Gasteiger partial charge in [-0.05, 0) is 63.6 Å². The van der Waals surface area contributed by atoms with E-state index in [9.17, 15) is 18.0 Å². The highest BCUT2D eigenvalue weighted by atomic mass is 32.2. The van der Waals surface area contributed by atoms with E-state index >= 15 is 0 Å². The van der Waals surface area contributed by atoms with Crippen molar-refractivity contribution in [3.05, 3.63) is 76.6 Å². The molecule has 0 aliphatic heterocycles. The molecule has 0 spiro atoms. The van der Waals surface area contributed by atoms with Gasteiger partial charge in [-0.3, -0.25) is 14.8 Å². The summed E-state index contributed by atoms with van der Waals surface area (Å²) in [4.78, 5) is 22.5. The summed E-state index contributed by atoms with van der Waals surface area (Å²) >= 11 is 0. The van der Waals surface area contributed by atoms with Crippen LogP contribution < -0.4 is 15.6 Å². The van der Waals surface area contributed by atoms with Crippen LogP contribution in [0.15, 0.2) is 65.5 Å². The van der Waals surface area contributed by atoms with Gasteiger partial charge in [0, 0.05) is 29.5 Å². The van der Waals surface area contributed by atoms with Gasteiger partial charge in [0.05, 0.1) is 18.1 Å². The number of aryl methyl sites for hydroxylation is 2. The van der Waals surface area contributed by atoms with Crippen LogP contribution in [0.4, 0.5) is 16.2 Å². The Labute approximate surface area is 199 Å². The van der Waals surface area contributed by atoms with E-state index in [0.29, 0.717) is 24.5 Å². The monoisotopic (exact) mass is 486 g/mol. The number of benzene rings is 2. The lowest BCUT2D eigenvalue weighted by molar-refractivity contribution is 0.168. The van der Waals surface area contributed by atoms with Gasteiger partial charge in [0.15, 0.2) is 0 Å². The molecule has 0 aliphatic rings. The first-order valence-corrected chi connectivity index (χ1v) is 12.5. The third kappa shape index (κ3) is 8.36. The molecule has 1 amide bonds. The fourth-order valence-corrected chi connectivity index (χ4v) is 3.44. The maximum atomic E-state index is 11.5. The molecule has 182 valence electrons. The van der Waals surface area contributed by atoms with Crippen molar-refractivity contribution < 1.29 is 17.9 Å². The SMILES string of the molecule is CCOC(=O)Nc1cccc(C)c1.CCn1nc(-c2ccc(NS(=O)(=O)CC)cc2)ccc1=O. The van der Waals surface area contributed by atoms with Crippen molar-refractivity contribution >= 4 is 27.5 Å². The predicted octanol–water partition coefficient (Wildman–Crippen LogP) is 4.26. The summed E-state index contributed by atoms with van der Waals surface area (Å²) in [5, 5.41) is 6.87. The highest BCUT2D eigenvalue weighted by molar-refractivity contribution is 7.92. The van der Waals surface area contributed by atoms with Crippen molar-refractivity contribution in [3.63, 3.8) is 0 Å². The summed E-state index contributed by atoms with van der Waals surface area (Å²) in [7, 11) is -3.28. The van der Waals surface area contributed by atoms with E-state index in [1.807, 2.05) is 38.1 Å². The Hall–Kier alpha value is -3.66. The third-order valence-corrected chi connectivity index (χ3v) is 5.85. The third-order valence-electron chi connectivity index (χ3n) is 4.54. The molecule has 34 heavy (non-hydrogen) atoms. The van der Waals surface area contributed by atoms with Gasteiger partial charge in [-0.2, -0.15) is 5.10 Å². The molecule has 0 unspecified atom stereocenters. The number of hydrogen-bond acceptors (Lipinski definition) is 6. The van der Waals surface area contributed by atoms with Gasteiger partial charge in [-0.15, -0.1) is 0 Å². The van der Waals surface area contributed by atoms with Crippen LogP contribution in [0.5, 0.6) is 0 Å². The standard InChI is InChI=1S/C14H17N3O3S.C10H13NO2/c1-3-17-14(18)10-9-13(15-17)11-5-7-12(8-6-11)16-21(19,20)4-2;1-3-13-10(12)11-9-6-4-5-8(2)7-9/h5-10,16H,3-4H2,1-2H3;4-7H,3H2,1-2H3,(H,11,12). The van der Waals surface area contributed by atoms with E-state index in [-0.39, 0.29) is 11.3 Å². The van der Waals surface area contributed by atoms with Crippen LogP contribution in [0.25, 0.3) is 11.3 Å². The molecule has 0 aliphatic carbocycles. The maximum Gasteiger partial charge on any atom is 0.411 e. The number of amides is 1. The van der Waals surface area contributed by atoms with Crippen molar-refractivity contribution in [2.24, 2.45) is 0 Å². The van der Waals surface area contributed by atoms with Gasteiger partial charge < -0.3 is 4.74 Å². The van der Waals surface area contributed by atoms with Gasteiger partial charge in [-0.25, -0.2) is 17.9 Å². The number of rotatable bonds is 7. The van der Waals surface area contributed by atoms with Crippen LogP contribution in [0.2, 0.25) is 0 Å². The minimum atomic E-state index is -3.28. The van der Waals surface area contributed by atoms with Gasteiger partial charge in [0.1, 0.15) is 0 Å². The Morgan fingerprint density at radius 3 is 2.29 bits per heavy atom. The van der Waals surface area contributed by atoms with Gasteiger partial charge in [0.25, 0.3) is 5.56 Å². The summed E-state index contributed by atoms with van der Waals surface area (Å²) < 4.78 is 31.6. The number of hydrogen-bond donors (Lipinski definition) is 2. The van der Waals surface area contributed by atoms with Crippen LogP contribution >= 0.6 is 0 Å². The molecule has 0 radical (unpaired) electrons. The molecule has 0 bridgehead atoms. The summed E-state index contributed by atoms with van der Waals surface area (Å²) in [6.45, 7) is 8.06. The van der Waals surface area contributed by atoms with Crippen LogP contribution in [-0.2, 0) is 21.3 Å². The Balaban J connectivity index is 0.000000270. The van der Waals surface area contributed by atoms with E-state index < -0.39 is 16.1 Å². The second kappa shape index (κ2) is 12.5. The summed E-state index contributed by atoms with van der Waals surface area (Å²) in [6.07, 6.45) is -0.409. The zero-order valence-corrected chi connectivity index (χ0v) is 20.6. The average Bonchev–Trinajstić information content (AvgIpc) is 2.80. The topological polar surface area (TPSA) is 119 Å². The molecule has 3 aromatic rings. The van der Waals surface area contributed by atoms with Gasteiger partial charge >= 0.3 is 6.09 Å². The minimum absolute atomic E-state index is 0.0256. The van der Waals surface area contributed by atoms with Crippen molar-refractivity contribution in [2.75, 3.05) is 22.4 Å². The molecular weight excluding hydrogens is 456 g/mol. The van der Waals surface area contributed by atoms with E-state index in [2.05, 4.69) is 15.1 Å². The van der Waals surface area contributed by atoms with Crippen LogP contribution in [0, 0.1) is 6.92 Å². The van der Waals surface area contributed by atoms with E-state index in [4.69, 9.17) is 4.74 Å². The number of anilines is 2. The maximum absolute atomic E-state index is 11.5. The fraction of sp³-hybridized carbons (Fsp3) is 0.292. The first-order valence-electron chi connectivity index (χ1n) is 10.9. The summed E-state index contributed by atoms with van der Waals surface area (Å²) in [5.41, 5.74) is 3.71. The highest BCUT2D eigenvalue weighted by Gasteiger charge is 2.07. The Morgan fingerprint density at radius 1 is 1.00 bits per heavy atom. The molecule has 9 nitrogen and oxygen atoms in total. The number of carbonyl (C=O) groups is 1. The molecule has 10 heteroatoms. The predicted molar refractivity (Wildman–Crippen MR) is 135 cm³/mol. The number of carbonyl (C=O) groups excluding carboxylic acids is 1. The van der Waals surface area contributed by atoms with Crippen LogP contribution in [0.1, 0.15) is 26.3 Å². The number of nitrogens with one attached hydrogen (secondary N) is 2. The van der Waals surface area contributed by atoms with Gasteiger partial charge in [0.2, 0.25) is 10.0 Å². The lowest BCUT2D eigenvalue weighted by atomic mass is 10.1.